The number of halogens is 2. The Labute approximate surface area is 132 Å². The molecule has 20 heavy (non-hydrogen) atoms. The van der Waals surface area contributed by atoms with Crippen LogP contribution in [-0.4, -0.2) is 15.1 Å². The van der Waals surface area contributed by atoms with Gasteiger partial charge in [0.2, 0.25) is 0 Å². The maximum atomic E-state index is 12.2. The lowest BCUT2D eigenvalue weighted by molar-refractivity contribution is 0.482. The summed E-state index contributed by atoms with van der Waals surface area (Å²) in [5.41, 5.74) is 0.998. The molecule has 0 spiro atoms. The first-order valence-electron chi connectivity index (χ1n) is 5.72. The first-order valence-corrected chi connectivity index (χ1v) is 7.18. The van der Waals surface area contributed by atoms with E-state index >= 15 is 0 Å². The summed E-state index contributed by atoms with van der Waals surface area (Å²) in [7, 11) is 0. The molecule has 6 heteroatoms. The van der Waals surface area contributed by atoms with Gasteiger partial charge in [0.25, 0.3) is 5.56 Å². The van der Waals surface area contributed by atoms with E-state index in [2.05, 4.69) is 32.6 Å². The van der Waals surface area contributed by atoms with Gasteiger partial charge in [0.05, 0.1) is 16.1 Å². The number of H-pyrrole nitrogens is 1. The number of nitrogens with zero attached hydrogens (tertiary/aromatic N) is 1. The first-order chi connectivity index (χ1) is 9.58. The number of aromatic nitrogens is 2. The number of nitrogens with one attached hydrogen (secondary N) is 1. The highest BCUT2D eigenvalue weighted by Crippen LogP contribution is 2.34. The van der Waals surface area contributed by atoms with Gasteiger partial charge >= 0.3 is 0 Å². The molecule has 0 saturated carbocycles. The number of rotatable bonds is 1. The normalized spacial score (nSPS) is 10.9. The van der Waals surface area contributed by atoms with Crippen LogP contribution in [0, 0.1) is 3.57 Å². The Kier molecular flexibility index (Phi) is 3.39. The Morgan fingerprint density at radius 3 is 2.65 bits per heavy atom. The fourth-order valence-electron chi connectivity index (χ4n) is 2.06. The molecule has 0 unspecified atom stereocenters. The third-order valence-electron chi connectivity index (χ3n) is 3.00. The SMILES string of the molecule is O=c1[nH]c2cc(Cl)c(I)cc2c(O)c1-c1ccncc1. The number of hydrogen-bond acceptors (Lipinski definition) is 3. The van der Waals surface area contributed by atoms with Crippen molar-refractivity contribution in [1.82, 2.24) is 9.97 Å². The Hall–Kier alpha value is -1.60. The van der Waals surface area contributed by atoms with Crippen LogP contribution in [0.25, 0.3) is 22.0 Å². The molecule has 0 radical (unpaired) electrons. The van der Waals surface area contributed by atoms with Crippen molar-refractivity contribution in [3.8, 4) is 16.9 Å². The number of pyridine rings is 2. The molecule has 100 valence electrons. The molecular formula is C14H8ClIN2O2. The molecule has 0 aliphatic carbocycles. The number of fused-ring (bicyclic) bond motifs is 1. The smallest absolute Gasteiger partial charge is 0.260 e. The van der Waals surface area contributed by atoms with Gasteiger partial charge in [0.1, 0.15) is 5.75 Å². The number of hydrogen-bond donors (Lipinski definition) is 2. The molecule has 0 atom stereocenters. The summed E-state index contributed by atoms with van der Waals surface area (Å²) < 4.78 is 0.805. The van der Waals surface area contributed by atoms with E-state index in [9.17, 15) is 9.90 Å². The summed E-state index contributed by atoms with van der Waals surface area (Å²) in [5, 5.41) is 11.5. The van der Waals surface area contributed by atoms with Gasteiger partial charge in [-0.3, -0.25) is 9.78 Å². The summed E-state index contributed by atoms with van der Waals surface area (Å²) in [6.07, 6.45) is 3.15. The fourth-order valence-corrected chi connectivity index (χ4v) is 2.69. The minimum absolute atomic E-state index is 0.0514. The van der Waals surface area contributed by atoms with Crippen molar-refractivity contribution in [1.29, 1.82) is 0 Å². The second-order valence-electron chi connectivity index (χ2n) is 4.23. The summed E-state index contributed by atoms with van der Waals surface area (Å²) >= 11 is 8.11. The zero-order chi connectivity index (χ0) is 14.3. The molecule has 0 amide bonds. The highest BCUT2D eigenvalue weighted by Gasteiger charge is 2.15. The van der Waals surface area contributed by atoms with Crippen LogP contribution in [0.1, 0.15) is 0 Å². The van der Waals surface area contributed by atoms with Crippen LogP contribution in [0.15, 0.2) is 41.5 Å². The van der Waals surface area contributed by atoms with Gasteiger partial charge < -0.3 is 10.1 Å². The highest BCUT2D eigenvalue weighted by molar-refractivity contribution is 14.1. The molecule has 2 N–H and O–H groups in total. The molecule has 3 aromatic rings. The molecule has 0 saturated heterocycles. The molecular weight excluding hydrogens is 391 g/mol. The standard InChI is InChI=1S/C14H8ClIN2O2/c15-9-6-11-8(5-10(9)16)13(19)12(14(20)18-11)7-1-3-17-4-2-7/h1-6H,(H2,18,19,20). The Morgan fingerprint density at radius 2 is 1.95 bits per heavy atom. The topological polar surface area (TPSA) is 66.0 Å². The minimum Gasteiger partial charge on any atom is -0.506 e. The lowest BCUT2D eigenvalue weighted by Gasteiger charge is -2.08. The molecule has 0 aliphatic rings. The molecule has 1 aromatic carbocycles. The molecule has 0 fully saturated rings. The predicted octanol–water partition coefficient (Wildman–Crippen LogP) is 3.55. The maximum absolute atomic E-state index is 12.2. The van der Waals surface area contributed by atoms with Crippen LogP contribution in [0.2, 0.25) is 5.02 Å². The van der Waals surface area contributed by atoms with Gasteiger partial charge in [-0.1, -0.05) is 11.6 Å². The summed E-state index contributed by atoms with van der Waals surface area (Å²) in [6, 6.07) is 6.73. The van der Waals surface area contributed by atoms with Gasteiger partial charge in [-0.15, -0.1) is 0 Å². The van der Waals surface area contributed by atoms with E-state index in [0.717, 1.165) is 3.57 Å². The van der Waals surface area contributed by atoms with Crippen LogP contribution in [-0.2, 0) is 0 Å². The van der Waals surface area contributed by atoms with E-state index in [1.54, 1.807) is 36.7 Å². The first kappa shape index (κ1) is 13.4. The molecule has 3 rings (SSSR count). The van der Waals surface area contributed by atoms with Crippen LogP contribution in [0.3, 0.4) is 0 Å². The van der Waals surface area contributed by atoms with Crippen molar-refractivity contribution in [2.24, 2.45) is 0 Å². The predicted molar refractivity (Wildman–Crippen MR) is 87.2 cm³/mol. The zero-order valence-corrected chi connectivity index (χ0v) is 12.9. The van der Waals surface area contributed by atoms with Gasteiger partial charge in [0.15, 0.2) is 0 Å². The Balaban J connectivity index is 2.41. The maximum Gasteiger partial charge on any atom is 0.260 e. The third kappa shape index (κ3) is 2.16. The summed E-state index contributed by atoms with van der Waals surface area (Å²) in [6.45, 7) is 0. The average molecular weight is 399 g/mol. The quantitative estimate of drug-likeness (QED) is 0.616. The molecule has 2 heterocycles. The van der Waals surface area contributed by atoms with E-state index < -0.39 is 0 Å². The zero-order valence-electron chi connectivity index (χ0n) is 10.0. The minimum atomic E-state index is -0.363. The van der Waals surface area contributed by atoms with Gasteiger partial charge in [-0.25, -0.2) is 0 Å². The van der Waals surface area contributed by atoms with E-state index in [-0.39, 0.29) is 16.9 Å². The van der Waals surface area contributed by atoms with Gasteiger partial charge in [0, 0.05) is 21.4 Å². The number of aromatic hydroxyl groups is 1. The van der Waals surface area contributed by atoms with Crippen molar-refractivity contribution < 1.29 is 5.11 Å². The van der Waals surface area contributed by atoms with Crippen molar-refractivity contribution in [2.45, 2.75) is 0 Å². The molecule has 4 nitrogen and oxygen atoms in total. The summed E-state index contributed by atoms with van der Waals surface area (Å²) in [4.78, 5) is 18.8. The lowest BCUT2D eigenvalue weighted by atomic mass is 10.0. The number of aromatic amines is 1. The van der Waals surface area contributed by atoms with Crippen LogP contribution < -0.4 is 5.56 Å². The van der Waals surface area contributed by atoms with Crippen LogP contribution >= 0.6 is 34.2 Å². The monoisotopic (exact) mass is 398 g/mol. The van der Waals surface area contributed by atoms with Gasteiger partial charge in [-0.2, -0.15) is 0 Å². The van der Waals surface area contributed by atoms with Crippen molar-refractivity contribution in [3.05, 3.63) is 55.6 Å². The van der Waals surface area contributed by atoms with Crippen molar-refractivity contribution in [3.63, 3.8) is 0 Å². The van der Waals surface area contributed by atoms with Crippen molar-refractivity contribution >= 4 is 45.1 Å². The Bertz CT molecular complexity index is 862. The van der Waals surface area contributed by atoms with Crippen LogP contribution in [0.4, 0.5) is 0 Å². The van der Waals surface area contributed by atoms with E-state index in [0.29, 0.717) is 21.5 Å². The molecule has 2 aromatic heterocycles. The van der Waals surface area contributed by atoms with Crippen LogP contribution in [0.5, 0.6) is 5.75 Å². The molecule has 0 bridgehead atoms. The second-order valence-corrected chi connectivity index (χ2v) is 5.79. The summed E-state index contributed by atoms with van der Waals surface area (Å²) in [5.74, 6) is -0.0514. The van der Waals surface area contributed by atoms with Gasteiger partial charge in [-0.05, 0) is 52.4 Å². The highest BCUT2D eigenvalue weighted by atomic mass is 127. The molecule has 0 aliphatic heterocycles. The average Bonchev–Trinajstić information content (AvgIpc) is 2.43. The van der Waals surface area contributed by atoms with E-state index in [4.69, 9.17) is 11.6 Å². The second kappa shape index (κ2) is 5.06. The lowest BCUT2D eigenvalue weighted by Crippen LogP contribution is -2.09. The van der Waals surface area contributed by atoms with E-state index in [1.165, 1.54) is 0 Å². The fraction of sp³-hybridized carbons (Fsp3) is 0. The largest absolute Gasteiger partial charge is 0.506 e. The van der Waals surface area contributed by atoms with E-state index in [1.807, 2.05) is 0 Å². The Morgan fingerprint density at radius 1 is 1.25 bits per heavy atom. The van der Waals surface area contributed by atoms with Crippen molar-refractivity contribution in [2.75, 3.05) is 0 Å². The third-order valence-corrected chi connectivity index (χ3v) is 4.52. The number of benzene rings is 1.